The van der Waals surface area contributed by atoms with E-state index in [1.165, 1.54) is 6.26 Å². The number of alkyl halides is 3. The van der Waals surface area contributed by atoms with Crippen LogP contribution in [0.15, 0.2) is 10.7 Å². The van der Waals surface area contributed by atoms with Crippen LogP contribution in [0.2, 0.25) is 0 Å². The Bertz CT molecular complexity index is 311. The zero-order chi connectivity index (χ0) is 11.5. The highest BCUT2D eigenvalue weighted by atomic mass is 19.4. The first-order valence-corrected chi connectivity index (χ1v) is 4.26. The number of oxazole rings is 1. The van der Waals surface area contributed by atoms with Crippen molar-refractivity contribution < 1.29 is 22.3 Å². The largest absolute Gasteiger partial charge is 0.437 e. The lowest BCUT2D eigenvalue weighted by atomic mass is 10.4. The molecule has 0 spiro atoms. The molecule has 86 valence electrons. The van der Waals surface area contributed by atoms with Gasteiger partial charge in [0.25, 0.3) is 0 Å². The first-order chi connectivity index (χ1) is 6.93. The van der Waals surface area contributed by atoms with Gasteiger partial charge in [0.1, 0.15) is 6.26 Å². The first-order valence-electron chi connectivity index (χ1n) is 4.26. The highest BCUT2D eigenvalue weighted by molar-refractivity contribution is 4.99. The van der Waals surface area contributed by atoms with Crippen molar-refractivity contribution in [3.63, 3.8) is 0 Å². The Balaban J connectivity index is 2.57. The van der Waals surface area contributed by atoms with Crippen LogP contribution in [0.5, 0.6) is 6.08 Å². The van der Waals surface area contributed by atoms with Gasteiger partial charge >= 0.3 is 12.3 Å². The first kappa shape index (κ1) is 11.8. The Morgan fingerprint density at radius 3 is 2.80 bits per heavy atom. The second-order valence-corrected chi connectivity index (χ2v) is 2.94. The summed E-state index contributed by atoms with van der Waals surface area (Å²) in [5.41, 5.74) is 0.488. The summed E-state index contributed by atoms with van der Waals surface area (Å²) in [5.74, 6) is 0. The quantitative estimate of drug-likeness (QED) is 0.845. The van der Waals surface area contributed by atoms with Gasteiger partial charge in [-0.15, -0.1) is 0 Å². The molecule has 0 radical (unpaired) electrons. The fourth-order valence-electron chi connectivity index (χ4n) is 0.823. The Labute approximate surface area is 84.4 Å². The van der Waals surface area contributed by atoms with Gasteiger partial charge in [-0.1, -0.05) is 0 Å². The fraction of sp³-hybridized carbons (Fsp3) is 0.625. The molecule has 15 heavy (non-hydrogen) atoms. The molecule has 4 nitrogen and oxygen atoms in total. The summed E-state index contributed by atoms with van der Waals surface area (Å²) in [6, 6.07) is 0. The number of nitrogens with zero attached hydrogens (tertiary/aromatic N) is 1. The molecule has 0 aliphatic heterocycles. The third kappa shape index (κ3) is 3.43. The number of hydrogen-bond donors (Lipinski definition) is 1. The Kier molecular flexibility index (Phi) is 3.57. The van der Waals surface area contributed by atoms with E-state index >= 15 is 0 Å². The van der Waals surface area contributed by atoms with Crippen LogP contribution < -0.4 is 10.1 Å². The molecule has 0 saturated carbocycles. The Hall–Kier alpha value is -1.24. The minimum atomic E-state index is -4.42. The maximum atomic E-state index is 12.1. The van der Waals surface area contributed by atoms with Crippen LogP contribution in [-0.2, 0) is 6.54 Å². The normalized spacial score (nSPS) is 13.9. The molecule has 1 heterocycles. The summed E-state index contributed by atoms with van der Waals surface area (Å²) in [7, 11) is 1.69. The van der Waals surface area contributed by atoms with Crippen LogP contribution in [0.25, 0.3) is 0 Å². The summed E-state index contributed by atoms with van der Waals surface area (Å²) >= 11 is 0. The maximum Gasteiger partial charge on any atom is 0.425 e. The van der Waals surface area contributed by atoms with E-state index in [0.717, 1.165) is 6.92 Å². The van der Waals surface area contributed by atoms with E-state index in [0.29, 0.717) is 12.2 Å². The molecule has 0 amide bonds. The number of rotatable bonds is 4. The van der Waals surface area contributed by atoms with Crippen LogP contribution in [0.4, 0.5) is 13.2 Å². The molecule has 1 N–H and O–H groups in total. The van der Waals surface area contributed by atoms with Gasteiger partial charge < -0.3 is 14.5 Å². The van der Waals surface area contributed by atoms with Gasteiger partial charge in [-0.3, -0.25) is 0 Å². The SMILES string of the molecule is CNCc1coc(OC(C)C(F)(F)F)n1. The minimum Gasteiger partial charge on any atom is -0.437 e. The molecule has 0 saturated heterocycles. The van der Waals surface area contributed by atoms with Crippen LogP contribution >= 0.6 is 0 Å². The minimum absolute atomic E-state index is 0.370. The molecule has 1 aromatic rings. The van der Waals surface area contributed by atoms with E-state index in [2.05, 4.69) is 15.0 Å². The molecule has 0 fully saturated rings. The average molecular weight is 224 g/mol. The van der Waals surface area contributed by atoms with E-state index in [1.54, 1.807) is 7.05 Å². The summed E-state index contributed by atoms with van der Waals surface area (Å²) in [6.07, 6.45) is -5.48. The predicted octanol–water partition coefficient (Wildman–Crippen LogP) is 1.72. The van der Waals surface area contributed by atoms with Gasteiger partial charge in [0, 0.05) is 6.54 Å². The highest BCUT2D eigenvalue weighted by Gasteiger charge is 2.38. The van der Waals surface area contributed by atoms with Crippen molar-refractivity contribution in [2.75, 3.05) is 7.05 Å². The number of nitrogens with one attached hydrogen (secondary N) is 1. The third-order valence-electron chi connectivity index (χ3n) is 1.63. The smallest absolute Gasteiger partial charge is 0.425 e. The number of ether oxygens (including phenoxy) is 1. The van der Waals surface area contributed by atoms with Crippen molar-refractivity contribution in [3.05, 3.63) is 12.0 Å². The lowest BCUT2D eigenvalue weighted by Crippen LogP contribution is -2.31. The summed E-state index contributed by atoms with van der Waals surface area (Å²) in [5, 5.41) is 2.78. The summed E-state index contributed by atoms with van der Waals surface area (Å²) in [4.78, 5) is 3.70. The van der Waals surface area contributed by atoms with E-state index < -0.39 is 12.3 Å². The molecule has 0 aliphatic carbocycles. The van der Waals surface area contributed by atoms with Crippen molar-refractivity contribution in [2.24, 2.45) is 0 Å². The van der Waals surface area contributed by atoms with Crippen molar-refractivity contribution in [3.8, 4) is 6.08 Å². The number of halogens is 3. The lowest BCUT2D eigenvalue weighted by molar-refractivity contribution is -0.193. The van der Waals surface area contributed by atoms with Gasteiger partial charge in [-0.05, 0) is 14.0 Å². The average Bonchev–Trinajstić information content (AvgIpc) is 2.51. The molecule has 1 rings (SSSR count). The molecular formula is C8H11F3N2O2. The molecule has 0 aromatic carbocycles. The molecule has 1 unspecified atom stereocenters. The second-order valence-electron chi connectivity index (χ2n) is 2.94. The van der Waals surface area contributed by atoms with Crippen molar-refractivity contribution in [1.29, 1.82) is 0 Å². The topological polar surface area (TPSA) is 47.3 Å². The third-order valence-corrected chi connectivity index (χ3v) is 1.63. The van der Waals surface area contributed by atoms with Crippen molar-refractivity contribution in [2.45, 2.75) is 25.7 Å². The van der Waals surface area contributed by atoms with E-state index in [9.17, 15) is 13.2 Å². The molecule has 0 aliphatic rings. The van der Waals surface area contributed by atoms with Gasteiger partial charge in [-0.2, -0.15) is 18.2 Å². The van der Waals surface area contributed by atoms with E-state index in [1.807, 2.05) is 0 Å². The Morgan fingerprint density at radius 1 is 1.60 bits per heavy atom. The standard InChI is InChI=1S/C8H11F3N2O2/c1-5(8(9,10)11)15-7-13-6(3-12-2)4-14-7/h4-5,12H,3H2,1-2H3. The highest BCUT2D eigenvalue weighted by Crippen LogP contribution is 2.24. The van der Waals surface area contributed by atoms with Crippen LogP contribution in [0.1, 0.15) is 12.6 Å². The van der Waals surface area contributed by atoms with Crippen LogP contribution in [-0.4, -0.2) is 24.3 Å². The van der Waals surface area contributed by atoms with E-state index in [-0.39, 0.29) is 6.08 Å². The van der Waals surface area contributed by atoms with E-state index in [4.69, 9.17) is 4.42 Å². The van der Waals surface area contributed by atoms with Gasteiger partial charge in [0.05, 0.1) is 5.69 Å². The van der Waals surface area contributed by atoms with Gasteiger partial charge in [-0.25, -0.2) is 0 Å². The van der Waals surface area contributed by atoms with Crippen LogP contribution in [0, 0.1) is 0 Å². The molecular weight excluding hydrogens is 213 g/mol. The van der Waals surface area contributed by atoms with Gasteiger partial charge in [0.2, 0.25) is 0 Å². The second kappa shape index (κ2) is 4.52. The number of aromatic nitrogens is 1. The zero-order valence-electron chi connectivity index (χ0n) is 8.26. The lowest BCUT2D eigenvalue weighted by Gasteiger charge is -2.14. The zero-order valence-corrected chi connectivity index (χ0v) is 8.26. The fourth-order valence-corrected chi connectivity index (χ4v) is 0.823. The van der Waals surface area contributed by atoms with Crippen LogP contribution in [0.3, 0.4) is 0 Å². The molecule has 1 aromatic heterocycles. The molecule has 1 atom stereocenters. The number of hydrogen-bond acceptors (Lipinski definition) is 4. The summed E-state index contributed by atoms with van der Waals surface area (Å²) < 4.78 is 45.4. The Morgan fingerprint density at radius 2 is 2.27 bits per heavy atom. The van der Waals surface area contributed by atoms with Gasteiger partial charge in [0.15, 0.2) is 6.10 Å². The predicted molar refractivity (Wildman–Crippen MR) is 45.4 cm³/mol. The maximum absolute atomic E-state index is 12.1. The summed E-state index contributed by atoms with van der Waals surface area (Å²) in [6.45, 7) is 1.30. The van der Waals surface area contributed by atoms with Crippen molar-refractivity contribution in [1.82, 2.24) is 10.3 Å². The van der Waals surface area contributed by atoms with Crippen molar-refractivity contribution >= 4 is 0 Å². The monoisotopic (exact) mass is 224 g/mol. The molecule has 0 bridgehead atoms. The molecule has 7 heteroatoms.